The van der Waals surface area contributed by atoms with E-state index in [0.717, 1.165) is 4.88 Å². The molecule has 0 spiro atoms. The highest BCUT2D eigenvalue weighted by molar-refractivity contribution is 7.16. The van der Waals surface area contributed by atoms with Crippen LogP contribution in [0.5, 0.6) is 0 Å². The number of aromatic nitrogens is 1. The number of hydrogen-bond acceptors (Lipinski definition) is 6. The number of hydrogen-bond donors (Lipinski definition) is 2. The molecule has 2 amide bonds. The SMILES string of the molecule is CC(C)(C)OC(=O)NCC=Cc1cnc(NC(=O)OC(C)(C)C)s1. The van der Waals surface area contributed by atoms with Gasteiger partial charge in [0, 0.05) is 17.6 Å². The Morgan fingerprint density at radius 2 is 1.71 bits per heavy atom. The first-order valence-corrected chi connectivity index (χ1v) is 8.35. The molecule has 0 saturated heterocycles. The minimum Gasteiger partial charge on any atom is -0.444 e. The minimum absolute atomic E-state index is 0.335. The highest BCUT2D eigenvalue weighted by Gasteiger charge is 2.17. The molecule has 0 atom stereocenters. The Bertz CT molecular complexity index is 597. The maximum absolute atomic E-state index is 11.6. The van der Waals surface area contributed by atoms with Crippen molar-refractivity contribution in [1.29, 1.82) is 0 Å². The Labute approximate surface area is 146 Å². The van der Waals surface area contributed by atoms with Crippen LogP contribution in [-0.4, -0.2) is 34.9 Å². The van der Waals surface area contributed by atoms with Crippen LogP contribution in [0, 0.1) is 0 Å². The lowest BCUT2D eigenvalue weighted by atomic mass is 10.2. The van der Waals surface area contributed by atoms with Crippen LogP contribution in [0.2, 0.25) is 0 Å². The van der Waals surface area contributed by atoms with Gasteiger partial charge in [-0.25, -0.2) is 14.6 Å². The number of carbonyl (C=O) groups is 2. The quantitative estimate of drug-likeness (QED) is 0.851. The molecule has 0 bridgehead atoms. The van der Waals surface area contributed by atoms with Gasteiger partial charge in [-0.3, -0.25) is 5.32 Å². The highest BCUT2D eigenvalue weighted by Crippen LogP contribution is 2.20. The molecule has 0 unspecified atom stereocenters. The predicted molar refractivity (Wildman–Crippen MR) is 95.2 cm³/mol. The van der Waals surface area contributed by atoms with E-state index in [0.29, 0.717) is 11.7 Å². The summed E-state index contributed by atoms with van der Waals surface area (Å²) in [4.78, 5) is 28.0. The summed E-state index contributed by atoms with van der Waals surface area (Å²) in [6, 6.07) is 0. The number of ether oxygens (including phenoxy) is 2. The number of anilines is 1. The molecule has 0 fully saturated rings. The second-order valence-corrected chi connectivity index (χ2v) is 8.04. The minimum atomic E-state index is -0.558. The molecule has 1 aromatic heterocycles. The molecule has 134 valence electrons. The molecule has 1 rings (SSSR count). The summed E-state index contributed by atoms with van der Waals surface area (Å²) in [5.41, 5.74) is -1.08. The zero-order chi connectivity index (χ0) is 18.4. The Morgan fingerprint density at radius 1 is 1.12 bits per heavy atom. The lowest BCUT2D eigenvalue weighted by molar-refractivity contribution is 0.0533. The van der Waals surface area contributed by atoms with Crippen LogP contribution in [0.4, 0.5) is 14.7 Å². The van der Waals surface area contributed by atoms with Crippen molar-refractivity contribution in [2.24, 2.45) is 0 Å². The van der Waals surface area contributed by atoms with E-state index in [-0.39, 0.29) is 0 Å². The van der Waals surface area contributed by atoms with Crippen LogP contribution in [0.25, 0.3) is 6.08 Å². The molecular formula is C16H25N3O4S. The van der Waals surface area contributed by atoms with Crippen molar-refractivity contribution >= 4 is 34.7 Å². The fourth-order valence-electron chi connectivity index (χ4n) is 1.44. The largest absolute Gasteiger partial charge is 0.444 e. The molecule has 0 saturated carbocycles. The van der Waals surface area contributed by atoms with Gasteiger partial charge < -0.3 is 14.8 Å². The number of alkyl carbamates (subject to hydrolysis) is 1. The van der Waals surface area contributed by atoms with E-state index >= 15 is 0 Å². The molecule has 0 aromatic carbocycles. The number of carbonyl (C=O) groups excluding carboxylic acids is 2. The van der Waals surface area contributed by atoms with Gasteiger partial charge in [0.05, 0.1) is 0 Å². The van der Waals surface area contributed by atoms with Crippen molar-refractivity contribution < 1.29 is 19.1 Å². The molecule has 8 heteroatoms. The zero-order valence-corrected chi connectivity index (χ0v) is 15.7. The van der Waals surface area contributed by atoms with E-state index in [4.69, 9.17) is 9.47 Å². The first-order chi connectivity index (χ1) is 10.9. The molecule has 1 aromatic rings. The molecule has 24 heavy (non-hydrogen) atoms. The Hall–Kier alpha value is -2.09. The molecule has 0 aliphatic carbocycles. The third kappa shape index (κ3) is 9.14. The van der Waals surface area contributed by atoms with Crippen molar-refractivity contribution in [3.63, 3.8) is 0 Å². The zero-order valence-electron chi connectivity index (χ0n) is 14.9. The molecule has 1 heterocycles. The van der Waals surface area contributed by atoms with Crippen molar-refractivity contribution in [3.8, 4) is 0 Å². The maximum atomic E-state index is 11.6. The van der Waals surface area contributed by atoms with Gasteiger partial charge in [-0.15, -0.1) is 0 Å². The lowest BCUT2D eigenvalue weighted by Gasteiger charge is -2.19. The summed E-state index contributed by atoms with van der Waals surface area (Å²) in [7, 11) is 0. The number of rotatable bonds is 4. The third-order valence-corrected chi connectivity index (χ3v) is 3.05. The van der Waals surface area contributed by atoms with E-state index in [1.807, 2.05) is 0 Å². The van der Waals surface area contributed by atoms with Gasteiger partial charge >= 0.3 is 12.2 Å². The normalized spacial score (nSPS) is 12.1. The van der Waals surface area contributed by atoms with Crippen molar-refractivity contribution in [3.05, 3.63) is 17.2 Å². The van der Waals surface area contributed by atoms with Gasteiger partial charge in [0.25, 0.3) is 0 Å². The van der Waals surface area contributed by atoms with Crippen LogP contribution in [0.1, 0.15) is 46.4 Å². The van der Waals surface area contributed by atoms with Crippen LogP contribution >= 0.6 is 11.3 Å². The van der Waals surface area contributed by atoms with E-state index in [9.17, 15) is 9.59 Å². The summed E-state index contributed by atoms with van der Waals surface area (Å²) in [5.74, 6) is 0. The molecular weight excluding hydrogens is 330 g/mol. The van der Waals surface area contributed by atoms with Crippen LogP contribution in [0.3, 0.4) is 0 Å². The number of thiazole rings is 1. The van der Waals surface area contributed by atoms with E-state index < -0.39 is 23.4 Å². The smallest absolute Gasteiger partial charge is 0.413 e. The number of nitrogens with zero attached hydrogens (tertiary/aromatic N) is 1. The topological polar surface area (TPSA) is 89.5 Å². The number of nitrogens with one attached hydrogen (secondary N) is 2. The summed E-state index contributed by atoms with van der Waals surface area (Å²) in [5, 5.41) is 5.64. The first kappa shape index (κ1) is 20.0. The summed E-state index contributed by atoms with van der Waals surface area (Å²) < 4.78 is 10.3. The Kier molecular flexibility index (Phi) is 6.77. The fourth-order valence-corrected chi connectivity index (χ4v) is 2.18. The van der Waals surface area contributed by atoms with Crippen molar-refractivity contribution in [2.45, 2.75) is 52.7 Å². The second kappa shape index (κ2) is 8.14. The van der Waals surface area contributed by atoms with Crippen molar-refractivity contribution in [2.75, 3.05) is 11.9 Å². The van der Waals surface area contributed by atoms with Gasteiger partial charge in [-0.1, -0.05) is 17.4 Å². The standard InChI is InChI=1S/C16H25N3O4S/c1-15(2,3)22-13(20)17-9-7-8-11-10-18-12(24-11)19-14(21)23-16(4,5)6/h7-8,10H,9H2,1-6H3,(H,17,20)(H,18,19,21). The van der Waals surface area contributed by atoms with Gasteiger partial charge in [-0.05, 0) is 47.6 Å². The Balaban J connectivity index is 2.41. The van der Waals surface area contributed by atoms with E-state index in [2.05, 4.69) is 15.6 Å². The monoisotopic (exact) mass is 355 g/mol. The summed E-state index contributed by atoms with van der Waals surface area (Å²) >= 11 is 1.30. The average Bonchev–Trinajstić information content (AvgIpc) is 2.77. The van der Waals surface area contributed by atoms with E-state index in [1.54, 1.807) is 59.9 Å². The molecule has 2 N–H and O–H groups in total. The van der Waals surface area contributed by atoms with Crippen LogP contribution in [0.15, 0.2) is 12.3 Å². The molecule has 7 nitrogen and oxygen atoms in total. The fraction of sp³-hybridized carbons (Fsp3) is 0.562. The first-order valence-electron chi connectivity index (χ1n) is 7.54. The van der Waals surface area contributed by atoms with Crippen molar-refractivity contribution in [1.82, 2.24) is 10.3 Å². The summed E-state index contributed by atoms with van der Waals surface area (Å²) in [6.07, 6.45) is 4.19. The van der Waals surface area contributed by atoms with Gasteiger partial charge in [-0.2, -0.15) is 0 Å². The summed E-state index contributed by atoms with van der Waals surface area (Å²) in [6.45, 7) is 11.1. The second-order valence-electron chi connectivity index (χ2n) is 6.98. The lowest BCUT2D eigenvalue weighted by Crippen LogP contribution is -2.32. The van der Waals surface area contributed by atoms with Gasteiger partial charge in [0.1, 0.15) is 11.2 Å². The van der Waals surface area contributed by atoms with E-state index in [1.165, 1.54) is 11.3 Å². The van der Waals surface area contributed by atoms with Crippen LogP contribution < -0.4 is 10.6 Å². The molecule has 0 aliphatic rings. The predicted octanol–water partition coefficient (Wildman–Crippen LogP) is 4.03. The van der Waals surface area contributed by atoms with Gasteiger partial charge in [0.15, 0.2) is 5.13 Å². The van der Waals surface area contributed by atoms with Crippen LogP contribution in [-0.2, 0) is 9.47 Å². The third-order valence-electron chi connectivity index (χ3n) is 2.18. The number of amides is 2. The Morgan fingerprint density at radius 3 is 2.29 bits per heavy atom. The molecule has 0 radical (unpaired) electrons. The molecule has 0 aliphatic heterocycles. The highest BCUT2D eigenvalue weighted by atomic mass is 32.1. The average molecular weight is 355 g/mol. The van der Waals surface area contributed by atoms with Gasteiger partial charge in [0.2, 0.25) is 0 Å². The maximum Gasteiger partial charge on any atom is 0.413 e.